The molecule has 4 aliphatic rings. The number of aryl methyl sites for hydroxylation is 8. The van der Waals surface area contributed by atoms with E-state index in [4.69, 9.17) is 13.1 Å². The number of nitrogens with zero attached hydrogens (tertiary/aromatic N) is 4. The van der Waals surface area contributed by atoms with E-state index < -0.39 is 10.8 Å². The monoisotopic (exact) mass is 1930 g/mol. The second-order valence-electron chi connectivity index (χ2n) is 38.4. The molecule has 6 heterocycles. The molecule has 0 saturated heterocycles. The summed E-state index contributed by atoms with van der Waals surface area (Å²) in [6, 6.07) is 66.3. The van der Waals surface area contributed by atoms with Crippen LogP contribution < -0.4 is 0 Å². The molecule has 0 N–H and O–H groups in total. The van der Waals surface area contributed by atoms with Crippen molar-refractivity contribution in [2.75, 3.05) is 11.5 Å². The van der Waals surface area contributed by atoms with Crippen LogP contribution in [0.1, 0.15) is 340 Å². The molecular formula is C122H126N4O2S8. The summed E-state index contributed by atoms with van der Waals surface area (Å²) >= 11 is 15.5. The lowest BCUT2D eigenvalue weighted by Gasteiger charge is -2.35. The third kappa shape index (κ3) is 18.6. The number of benzene rings is 7. The quantitative estimate of drug-likeness (QED) is 0.0124. The molecule has 694 valence electrons. The molecular weight excluding hydrogens is 1810 g/mol. The summed E-state index contributed by atoms with van der Waals surface area (Å²) in [7, 11) is 0. The molecule has 2 unspecified atom stereocenters. The minimum Gasteiger partial charge on any atom is -0.289 e. The van der Waals surface area contributed by atoms with Gasteiger partial charge in [0.2, 0.25) is 0 Å². The highest BCUT2D eigenvalue weighted by molar-refractivity contribution is 8.01. The van der Waals surface area contributed by atoms with E-state index in [1.54, 1.807) is 22.7 Å². The Bertz CT molecular complexity index is 6490. The van der Waals surface area contributed by atoms with E-state index in [1.807, 2.05) is 133 Å². The molecule has 0 radical (unpaired) electrons. The van der Waals surface area contributed by atoms with Crippen molar-refractivity contribution in [1.29, 1.82) is 10.5 Å². The number of nitriles is 2. The number of rotatable bonds is 42. The summed E-state index contributed by atoms with van der Waals surface area (Å²) in [5.41, 5.74) is 23.2. The van der Waals surface area contributed by atoms with Crippen molar-refractivity contribution in [3.05, 3.63) is 324 Å². The number of allylic oxidation sites excluding steroid dienone is 6. The molecule has 14 heteroatoms. The average Bonchev–Trinajstić information content (AvgIpc) is 1.48. The van der Waals surface area contributed by atoms with Crippen LogP contribution in [-0.4, -0.2) is 23.1 Å². The molecule has 4 aliphatic carbocycles. The summed E-state index contributed by atoms with van der Waals surface area (Å²) in [6.07, 6.45) is 35.4. The first-order valence-corrected chi connectivity index (χ1v) is 57.3. The number of carbonyl (C=O) groups excluding carboxylic acids is 2. The van der Waals surface area contributed by atoms with E-state index in [2.05, 4.69) is 211 Å². The molecule has 7 aromatic carbocycles. The highest BCUT2D eigenvalue weighted by Crippen LogP contribution is 2.71. The molecule has 2 atom stereocenters. The Morgan fingerprint density at radius 2 is 0.721 bits per heavy atom. The number of hydrogen-bond donors (Lipinski definition) is 0. The van der Waals surface area contributed by atoms with Gasteiger partial charge in [-0.3, -0.25) is 9.59 Å². The zero-order valence-corrected chi connectivity index (χ0v) is 87.9. The predicted octanol–water partition coefficient (Wildman–Crippen LogP) is 37.6. The van der Waals surface area contributed by atoms with Gasteiger partial charge >= 0.3 is 0 Å². The maximum absolute atomic E-state index is 15.7. The normalized spacial score (nSPS) is 15.5. The van der Waals surface area contributed by atoms with E-state index in [0.717, 1.165) is 169 Å². The van der Waals surface area contributed by atoms with Crippen LogP contribution in [0, 0.1) is 75.3 Å². The molecule has 0 aliphatic heterocycles. The predicted molar refractivity (Wildman–Crippen MR) is 588 cm³/mol. The first-order chi connectivity index (χ1) is 66.4. The van der Waals surface area contributed by atoms with Crippen molar-refractivity contribution in [2.24, 2.45) is 11.8 Å². The topological polar surface area (TPSA) is 90.4 Å². The minimum atomic E-state index is -0.978. The van der Waals surface area contributed by atoms with E-state index in [1.165, 1.54) is 190 Å². The first-order valence-electron chi connectivity index (χ1n) is 50.4. The van der Waals surface area contributed by atoms with Crippen LogP contribution in [0.3, 0.4) is 0 Å². The van der Waals surface area contributed by atoms with Crippen LogP contribution in [-0.2, 0) is 36.5 Å². The molecule has 0 spiro atoms. The molecule has 0 bridgehead atoms. The largest absolute Gasteiger partial charge is 0.289 e. The van der Waals surface area contributed by atoms with Gasteiger partial charge < -0.3 is 0 Å². The highest BCUT2D eigenvalue weighted by atomic mass is 32.2. The number of thiophene rings is 6. The van der Waals surface area contributed by atoms with Crippen LogP contribution in [0.2, 0.25) is 0 Å². The van der Waals surface area contributed by atoms with Gasteiger partial charge in [0.15, 0.2) is 11.6 Å². The number of ketones is 2. The highest BCUT2D eigenvalue weighted by Gasteiger charge is 2.55. The van der Waals surface area contributed by atoms with Crippen LogP contribution in [0.5, 0.6) is 0 Å². The van der Waals surface area contributed by atoms with E-state index in [9.17, 15) is 10.5 Å². The lowest BCUT2D eigenvalue weighted by atomic mass is 9.65. The molecule has 0 saturated carbocycles. The molecule has 17 rings (SSSR count). The summed E-state index contributed by atoms with van der Waals surface area (Å²) in [4.78, 5) is 48.2. The summed E-state index contributed by atoms with van der Waals surface area (Å²) in [5, 5.41) is 24.6. The second-order valence-corrected chi connectivity index (χ2v) is 47.4. The van der Waals surface area contributed by atoms with Crippen LogP contribution in [0.4, 0.5) is 0 Å². The Labute approximate surface area is 841 Å². The van der Waals surface area contributed by atoms with Gasteiger partial charge in [0.1, 0.15) is 0 Å². The summed E-state index contributed by atoms with van der Waals surface area (Å²) < 4.78 is 5.12. The van der Waals surface area contributed by atoms with Gasteiger partial charge in [-0.05, 0) is 265 Å². The lowest BCUT2D eigenvalue weighted by Crippen LogP contribution is -2.29. The number of hydrogen-bond acceptors (Lipinski definition) is 12. The maximum Gasteiger partial charge on any atom is 0.270 e. The number of unbranched alkanes of at least 4 members (excludes halogenated alkanes) is 14. The molecule has 0 fully saturated rings. The first kappa shape index (κ1) is 97.8. The molecule has 0 amide bonds. The Hall–Kier alpha value is -9.78. The van der Waals surface area contributed by atoms with Crippen molar-refractivity contribution in [3.8, 4) is 52.5 Å². The fraction of sp³-hybridized carbons (Fsp3) is 0.377. The maximum atomic E-state index is 15.7. The van der Waals surface area contributed by atoms with Gasteiger partial charge in [-0.15, -0.1) is 91.5 Å². The number of thioether (sulfide) groups is 2. The zero-order valence-electron chi connectivity index (χ0n) is 81.4. The minimum absolute atomic E-state index is 0.0865. The van der Waals surface area contributed by atoms with Gasteiger partial charge in [-0.1, -0.05) is 280 Å². The SMILES string of the molecule is [C-]#[N+]/C(C#N)=C1\C(=C\c2cc3c(s2)-c2sc4c(-c5ccc(SCC(CC)CCCC)s5)c5c6c(sc5c(-c5ccc(SCC(CC)CCCC)s5)c4c2C3(c2cccc(CCCCCC)c2)c2cccc(CCCCCC)c2)-c2sc(/C=C3\C(=O)c4cc(C)c(C)cc4\C3=C(\C#N)[N+]#[C-])cc2C6(c2cccc(CCCCCC)c2)c2cccc(CCCCCC)c2)C(=O)c2cc(C)c(C)cc21. The van der Waals surface area contributed by atoms with Gasteiger partial charge in [-0.25, -0.2) is 20.2 Å². The van der Waals surface area contributed by atoms with Crippen molar-refractivity contribution < 1.29 is 9.59 Å². The number of fused-ring (bicyclic) bond motifs is 12. The number of carbonyl (C=O) groups is 2. The standard InChI is InChI=1S/C122H126N4O2S8/c1-15-23-29-33-43-81-47-37-51-85(63-81)121(86-52-38-48-82(64-86)44-34-30-24-16-2)97-69-89(67-95-105(99(71-123)125-13)91-59-75(9)77(11)61-93(91)113(95)127)131-115(97)119-111(121)109-107(101-55-57-103(133-101)129-73-79(21-7)41-27-19-5)118-110(108(117(109)135-119)102-56-58-104(134-102)130-74-80(22-8)42-28-20-6)112-120(136-118)116-98(70-90(132-116)68-96-106(100(72-124)126-14)92-60-76(10)78(12)62-94(92)114(96)128)122(112,87-53-39-49-83(65-87)45-35-31-25-17-3)88-54-40-50-84(66-88)46-36-32-26-18-4/h37-40,47-70,79-80H,15-36,41-46,73-74H2,1-12H3/b95-67-,96-68-,105-99-,106-100+. The van der Waals surface area contributed by atoms with Gasteiger partial charge in [0.25, 0.3) is 11.4 Å². The average molecular weight is 1940 g/mol. The van der Waals surface area contributed by atoms with Gasteiger partial charge in [0.05, 0.1) is 64.0 Å². The van der Waals surface area contributed by atoms with E-state index >= 15 is 9.59 Å². The Balaban J connectivity index is 1.07. The third-order valence-corrected chi connectivity index (χ3v) is 39.5. The molecule has 6 aromatic heterocycles. The van der Waals surface area contributed by atoms with E-state index in [-0.39, 0.29) is 23.0 Å². The summed E-state index contributed by atoms with van der Waals surface area (Å²) in [6.45, 7) is 44.0. The Morgan fingerprint density at radius 3 is 1.03 bits per heavy atom. The third-order valence-electron chi connectivity index (χ3n) is 29.4. The van der Waals surface area contributed by atoms with Crippen molar-refractivity contribution in [2.45, 2.75) is 282 Å². The van der Waals surface area contributed by atoms with Crippen LogP contribution in [0.25, 0.3) is 93.6 Å². The number of Topliss-reactive ketones (excluding diaryl/α,β-unsaturated/α-hetero) is 2. The Kier molecular flexibility index (Phi) is 31.5. The molecule has 136 heavy (non-hydrogen) atoms. The fourth-order valence-corrected chi connectivity index (χ4v) is 32.3. The van der Waals surface area contributed by atoms with Crippen molar-refractivity contribution in [1.82, 2.24) is 0 Å². The second kappa shape index (κ2) is 43.7. The van der Waals surface area contributed by atoms with E-state index in [0.29, 0.717) is 56.4 Å². The van der Waals surface area contributed by atoms with Crippen LogP contribution >= 0.6 is 91.5 Å². The zero-order chi connectivity index (χ0) is 95.1. The molecule has 13 aromatic rings. The van der Waals surface area contributed by atoms with Crippen molar-refractivity contribution >= 4 is 147 Å². The fourth-order valence-electron chi connectivity index (χ4n) is 21.8. The summed E-state index contributed by atoms with van der Waals surface area (Å²) in [5.74, 6) is 2.88. The van der Waals surface area contributed by atoms with Crippen LogP contribution in [0.15, 0.2) is 189 Å². The van der Waals surface area contributed by atoms with Crippen molar-refractivity contribution in [3.63, 3.8) is 0 Å². The smallest absolute Gasteiger partial charge is 0.270 e. The lowest BCUT2D eigenvalue weighted by molar-refractivity contribution is 0.103. The Morgan fingerprint density at radius 1 is 0.390 bits per heavy atom. The molecule has 6 nitrogen and oxygen atoms in total. The van der Waals surface area contributed by atoms with Gasteiger partial charge in [-0.2, -0.15) is 0 Å². The van der Waals surface area contributed by atoms with Gasteiger partial charge in [0, 0.05) is 95.7 Å².